The van der Waals surface area contributed by atoms with Gasteiger partial charge in [0.2, 0.25) is 0 Å². The molecule has 0 radical (unpaired) electrons. The Morgan fingerprint density at radius 3 is 2.69 bits per heavy atom. The van der Waals surface area contributed by atoms with E-state index in [1.165, 1.54) is 23.5 Å². The maximum absolute atomic E-state index is 13.0. The van der Waals surface area contributed by atoms with E-state index in [0.29, 0.717) is 10.8 Å². The van der Waals surface area contributed by atoms with Crippen molar-refractivity contribution in [2.24, 2.45) is 0 Å². The number of rotatable bonds is 6. The van der Waals surface area contributed by atoms with Crippen molar-refractivity contribution in [2.45, 2.75) is 44.6 Å². The molecule has 2 aromatic rings. The van der Waals surface area contributed by atoms with Crippen LogP contribution in [-0.2, 0) is 9.53 Å². The SMILES string of the molecule is CC(NC(=O)COC(=O)c1scnc1C1CCCC1)c1ccc(F)cc1. The van der Waals surface area contributed by atoms with Crippen LogP contribution >= 0.6 is 11.3 Å². The highest BCUT2D eigenvalue weighted by Gasteiger charge is 2.26. The minimum atomic E-state index is -0.501. The number of halogens is 1. The number of esters is 1. The highest BCUT2D eigenvalue weighted by Crippen LogP contribution is 2.36. The smallest absolute Gasteiger partial charge is 0.350 e. The van der Waals surface area contributed by atoms with E-state index in [2.05, 4.69) is 10.3 Å². The fraction of sp³-hybridized carbons (Fsp3) is 0.421. The number of carbonyl (C=O) groups excluding carboxylic acids is 2. The fourth-order valence-corrected chi connectivity index (χ4v) is 3.98. The van der Waals surface area contributed by atoms with Crippen molar-refractivity contribution in [3.05, 3.63) is 51.7 Å². The van der Waals surface area contributed by atoms with E-state index in [1.807, 2.05) is 0 Å². The predicted octanol–water partition coefficient (Wildman–Crippen LogP) is 3.97. The first-order valence-corrected chi connectivity index (χ1v) is 9.58. The zero-order valence-electron chi connectivity index (χ0n) is 14.5. The van der Waals surface area contributed by atoms with Crippen LogP contribution in [-0.4, -0.2) is 23.5 Å². The molecule has 1 amide bonds. The van der Waals surface area contributed by atoms with Gasteiger partial charge in [-0.15, -0.1) is 11.3 Å². The average molecular weight is 376 g/mol. The molecule has 7 heteroatoms. The van der Waals surface area contributed by atoms with Crippen LogP contribution in [0.15, 0.2) is 29.8 Å². The Kier molecular flexibility index (Phi) is 5.98. The van der Waals surface area contributed by atoms with E-state index in [-0.39, 0.29) is 18.5 Å². The molecular weight excluding hydrogens is 355 g/mol. The summed E-state index contributed by atoms with van der Waals surface area (Å²) in [5.74, 6) is -0.916. The van der Waals surface area contributed by atoms with Crippen LogP contribution in [0.3, 0.4) is 0 Å². The molecule has 1 aliphatic carbocycles. The van der Waals surface area contributed by atoms with Gasteiger partial charge in [-0.3, -0.25) is 4.79 Å². The summed E-state index contributed by atoms with van der Waals surface area (Å²) < 4.78 is 18.1. The van der Waals surface area contributed by atoms with E-state index in [4.69, 9.17) is 4.74 Å². The van der Waals surface area contributed by atoms with Crippen LogP contribution in [0.2, 0.25) is 0 Å². The van der Waals surface area contributed by atoms with Crippen molar-refractivity contribution in [3.63, 3.8) is 0 Å². The number of nitrogens with zero attached hydrogens (tertiary/aromatic N) is 1. The van der Waals surface area contributed by atoms with Gasteiger partial charge in [-0.05, 0) is 37.5 Å². The zero-order valence-corrected chi connectivity index (χ0v) is 15.4. The summed E-state index contributed by atoms with van der Waals surface area (Å²) in [6.07, 6.45) is 4.39. The van der Waals surface area contributed by atoms with Crippen molar-refractivity contribution in [1.82, 2.24) is 10.3 Å². The van der Waals surface area contributed by atoms with Crippen LogP contribution in [0.25, 0.3) is 0 Å². The molecule has 138 valence electrons. The van der Waals surface area contributed by atoms with Crippen LogP contribution in [0.5, 0.6) is 0 Å². The lowest BCUT2D eigenvalue weighted by atomic mass is 10.0. The maximum atomic E-state index is 13.0. The Morgan fingerprint density at radius 1 is 1.31 bits per heavy atom. The molecule has 0 aliphatic heterocycles. The Bertz CT molecular complexity index is 769. The van der Waals surface area contributed by atoms with E-state index >= 15 is 0 Å². The number of ether oxygens (including phenoxy) is 1. The molecule has 1 N–H and O–H groups in total. The number of nitrogens with one attached hydrogen (secondary N) is 1. The van der Waals surface area contributed by atoms with Crippen molar-refractivity contribution in [3.8, 4) is 0 Å². The third-order valence-electron chi connectivity index (χ3n) is 4.60. The molecule has 1 heterocycles. The molecular formula is C19H21FN2O3S. The second-order valence-electron chi connectivity index (χ2n) is 6.46. The van der Waals surface area contributed by atoms with Gasteiger partial charge in [0.25, 0.3) is 5.91 Å². The zero-order chi connectivity index (χ0) is 18.5. The summed E-state index contributed by atoms with van der Waals surface area (Å²) in [7, 11) is 0. The first-order chi connectivity index (χ1) is 12.5. The number of hydrogen-bond acceptors (Lipinski definition) is 5. The van der Waals surface area contributed by atoms with Gasteiger partial charge in [0.1, 0.15) is 10.7 Å². The summed E-state index contributed by atoms with van der Waals surface area (Å²) >= 11 is 1.26. The normalized spacial score (nSPS) is 15.6. The molecule has 1 atom stereocenters. The molecule has 1 aromatic heterocycles. The van der Waals surface area contributed by atoms with E-state index in [1.54, 1.807) is 24.6 Å². The minimum absolute atomic E-state index is 0.306. The summed E-state index contributed by atoms with van der Waals surface area (Å²) in [5.41, 5.74) is 3.23. The second kappa shape index (κ2) is 8.40. The van der Waals surface area contributed by atoms with Gasteiger partial charge in [0.05, 0.1) is 17.2 Å². The third-order valence-corrected chi connectivity index (χ3v) is 5.43. The van der Waals surface area contributed by atoms with E-state index in [0.717, 1.165) is 36.9 Å². The lowest BCUT2D eigenvalue weighted by Gasteiger charge is -2.14. The lowest BCUT2D eigenvalue weighted by molar-refractivity contribution is -0.124. The van der Waals surface area contributed by atoms with Crippen molar-refractivity contribution >= 4 is 23.2 Å². The molecule has 0 spiro atoms. The fourth-order valence-electron chi connectivity index (χ4n) is 3.21. The Hall–Kier alpha value is -2.28. The van der Waals surface area contributed by atoms with Crippen molar-refractivity contribution in [2.75, 3.05) is 6.61 Å². The average Bonchev–Trinajstić information content (AvgIpc) is 3.31. The Balaban J connectivity index is 1.52. The largest absolute Gasteiger partial charge is 0.451 e. The molecule has 1 unspecified atom stereocenters. The number of aromatic nitrogens is 1. The number of hydrogen-bond donors (Lipinski definition) is 1. The van der Waals surface area contributed by atoms with Crippen LogP contribution in [0.1, 0.15) is 65.5 Å². The van der Waals surface area contributed by atoms with E-state index < -0.39 is 11.9 Å². The van der Waals surface area contributed by atoms with Gasteiger partial charge in [-0.25, -0.2) is 14.2 Å². The minimum Gasteiger partial charge on any atom is -0.451 e. The third kappa shape index (κ3) is 4.46. The van der Waals surface area contributed by atoms with E-state index in [9.17, 15) is 14.0 Å². The Labute approximate surface area is 155 Å². The second-order valence-corrected chi connectivity index (χ2v) is 7.32. The van der Waals surface area contributed by atoms with Gasteiger partial charge in [-0.1, -0.05) is 25.0 Å². The highest BCUT2D eigenvalue weighted by atomic mass is 32.1. The molecule has 1 fully saturated rings. The molecule has 1 aliphatic rings. The molecule has 26 heavy (non-hydrogen) atoms. The first kappa shape index (κ1) is 18.5. The van der Waals surface area contributed by atoms with Crippen molar-refractivity contribution in [1.29, 1.82) is 0 Å². The van der Waals surface area contributed by atoms with Gasteiger partial charge in [-0.2, -0.15) is 0 Å². The number of amides is 1. The molecule has 1 saturated carbocycles. The van der Waals surface area contributed by atoms with Crippen LogP contribution in [0, 0.1) is 5.82 Å². The monoisotopic (exact) mass is 376 g/mol. The molecule has 0 saturated heterocycles. The van der Waals surface area contributed by atoms with Gasteiger partial charge in [0, 0.05) is 5.92 Å². The van der Waals surface area contributed by atoms with Crippen molar-refractivity contribution < 1.29 is 18.7 Å². The van der Waals surface area contributed by atoms with Gasteiger partial charge < -0.3 is 10.1 Å². The summed E-state index contributed by atoms with van der Waals surface area (Å²) in [6, 6.07) is 5.59. The number of benzene rings is 1. The molecule has 5 nitrogen and oxygen atoms in total. The molecule has 3 rings (SSSR count). The highest BCUT2D eigenvalue weighted by molar-refractivity contribution is 7.11. The quantitative estimate of drug-likeness (QED) is 0.775. The standard InChI is InChI=1S/C19H21FN2O3S/c1-12(13-6-8-15(20)9-7-13)22-16(23)10-25-19(24)18-17(21-11-26-18)14-4-2-3-5-14/h6-9,11-12,14H,2-5,10H2,1H3,(H,22,23). The molecule has 1 aromatic carbocycles. The summed E-state index contributed by atoms with van der Waals surface area (Å²) in [6.45, 7) is 1.43. The lowest BCUT2D eigenvalue weighted by Crippen LogP contribution is -2.31. The summed E-state index contributed by atoms with van der Waals surface area (Å²) in [5, 5.41) is 2.74. The van der Waals surface area contributed by atoms with Gasteiger partial charge in [0.15, 0.2) is 6.61 Å². The Morgan fingerprint density at radius 2 is 2.00 bits per heavy atom. The van der Waals surface area contributed by atoms with Gasteiger partial charge >= 0.3 is 5.97 Å². The maximum Gasteiger partial charge on any atom is 0.350 e. The number of carbonyl (C=O) groups is 2. The predicted molar refractivity (Wildman–Crippen MR) is 96.6 cm³/mol. The summed E-state index contributed by atoms with van der Waals surface area (Å²) in [4.78, 5) is 29.2. The topological polar surface area (TPSA) is 68.3 Å². The number of thiazole rings is 1. The first-order valence-electron chi connectivity index (χ1n) is 8.70. The molecule has 0 bridgehead atoms. The van der Waals surface area contributed by atoms with Crippen LogP contribution in [0.4, 0.5) is 4.39 Å². The van der Waals surface area contributed by atoms with Crippen LogP contribution < -0.4 is 5.32 Å².